The van der Waals surface area contributed by atoms with Crippen molar-refractivity contribution in [2.24, 2.45) is 5.92 Å². The number of hydrogen-bond acceptors (Lipinski definition) is 6. The molecule has 0 saturated carbocycles. The van der Waals surface area contributed by atoms with Crippen LogP contribution in [-0.2, 0) is 0 Å². The fourth-order valence-electron chi connectivity index (χ4n) is 1.52. The number of nitrogens with zero attached hydrogens (tertiary/aromatic N) is 5. The zero-order valence-electron chi connectivity index (χ0n) is 11.5. The molecule has 0 aliphatic carbocycles. The highest BCUT2D eigenvalue weighted by atomic mass is 35.5. The molecule has 1 heterocycles. The lowest BCUT2D eigenvalue weighted by molar-refractivity contribution is 0.669. The van der Waals surface area contributed by atoms with Crippen LogP contribution < -0.4 is 10.2 Å². The van der Waals surface area contributed by atoms with Gasteiger partial charge in [0.05, 0.1) is 12.0 Å². The standard InChI is InChI=1S/C12H19ClN6/c1-4-6-15-11-16-10(13)17-12(18-11)19(5-2)8-9(3)7-14/h9H,4-6,8H2,1-3H3,(H,15,16,17,18). The molecule has 0 spiro atoms. The van der Waals surface area contributed by atoms with E-state index in [1.807, 2.05) is 18.7 Å². The van der Waals surface area contributed by atoms with E-state index in [0.29, 0.717) is 25.0 Å². The molecule has 104 valence electrons. The SMILES string of the molecule is CCCNc1nc(Cl)nc(N(CC)CC(C)C#N)n1. The van der Waals surface area contributed by atoms with E-state index in [2.05, 4.69) is 33.3 Å². The van der Waals surface area contributed by atoms with Crippen LogP contribution in [0.3, 0.4) is 0 Å². The highest BCUT2D eigenvalue weighted by Gasteiger charge is 2.14. The van der Waals surface area contributed by atoms with Crippen LogP contribution in [0.25, 0.3) is 0 Å². The van der Waals surface area contributed by atoms with Gasteiger partial charge in [0.2, 0.25) is 17.2 Å². The minimum Gasteiger partial charge on any atom is -0.354 e. The first-order chi connectivity index (χ1) is 9.10. The molecule has 1 atom stereocenters. The quantitative estimate of drug-likeness (QED) is 0.827. The minimum atomic E-state index is -0.0949. The third-order valence-electron chi connectivity index (χ3n) is 2.51. The van der Waals surface area contributed by atoms with Crippen molar-refractivity contribution in [3.05, 3.63) is 5.28 Å². The van der Waals surface area contributed by atoms with E-state index < -0.39 is 0 Å². The van der Waals surface area contributed by atoms with E-state index >= 15 is 0 Å². The lowest BCUT2D eigenvalue weighted by atomic mass is 10.2. The average molecular weight is 283 g/mol. The molecule has 0 aliphatic heterocycles. The average Bonchev–Trinajstić information content (AvgIpc) is 2.41. The molecule has 6 nitrogen and oxygen atoms in total. The molecule has 7 heteroatoms. The Morgan fingerprint density at radius 3 is 2.68 bits per heavy atom. The monoisotopic (exact) mass is 282 g/mol. The van der Waals surface area contributed by atoms with E-state index in [1.165, 1.54) is 0 Å². The highest BCUT2D eigenvalue weighted by Crippen LogP contribution is 2.15. The summed E-state index contributed by atoms with van der Waals surface area (Å²) in [6.07, 6.45) is 0.974. The van der Waals surface area contributed by atoms with Gasteiger partial charge in [0, 0.05) is 19.6 Å². The second-order valence-electron chi connectivity index (χ2n) is 4.22. The first kappa shape index (κ1) is 15.4. The minimum absolute atomic E-state index is 0.0949. The van der Waals surface area contributed by atoms with Gasteiger partial charge in [0.25, 0.3) is 0 Å². The molecule has 0 radical (unpaired) electrons. The molecule has 1 aromatic heterocycles. The Labute approximate surface area is 118 Å². The Morgan fingerprint density at radius 2 is 2.11 bits per heavy atom. The van der Waals surface area contributed by atoms with Crippen molar-refractivity contribution in [2.45, 2.75) is 27.2 Å². The van der Waals surface area contributed by atoms with Crippen molar-refractivity contribution in [3.8, 4) is 6.07 Å². The number of hydrogen-bond donors (Lipinski definition) is 1. The summed E-state index contributed by atoms with van der Waals surface area (Å²) < 4.78 is 0. The zero-order chi connectivity index (χ0) is 14.3. The third-order valence-corrected chi connectivity index (χ3v) is 2.68. The van der Waals surface area contributed by atoms with Gasteiger partial charge >= 0.3 is 0 Å². The lowest BCUT2D eigenvalue weighted by Gasteiger charge is -2.22. The second-order valence-corrected chi connectivity index (χ2v) is 4.56. The molecule has 1 rings (SSSR count). The maximum absolute atomic E-state index is 8.88. The molecule has 1 aromatic rings. The summed E-state index contributed by atoms with van der Waals surface area (Å²) >= 11 is 5.91. The van der Waals surface area contributed by atoms with Gasteiger partial charge in [0.15, 0.2) is 0 Å². The van der Waals surface area contributed by atoms with E-state index in [4.69, 9.17) is 16.9 Å². The van der Waals surface area contributed by atoms with Crippen LogP contribution in [0.2, 0.25) is 5.28 Å². The van der Waals surface area contributed by atoms with Crippen LogP contribution >= 0.6 is 11.6 Å². The summed E-state index contributed by atoms with van der Waals surface area (Å²) in [7, 11) is 0. The summed E-state index contributed by atoms with van der Waals surface area (Å²) in [4.78, 5) is 14.4. The molecule has 0 fully saturated rings. The van der Waals surface area contributed by atoms with E-state index in [1.54, 1.807) is 0 Å². The Hall–Kier alpha value is -1.61. The number of halogens is 1. The van der Waals surface area contributed by atoms with Gasteiger partial charge in [-0.25, -0.2) is 0 Å². The first-order valence-corrected chi connectivity index (χ1v) is 6.78. The maximum Gasteiger partial charge on any atom is 0.231 e. The summed E-state index contributed by atoms with van der Waals surface area (Å²) in [5, 5.41) is 12.1. The van der Waals surface area contributed by atoms with E-state index in [0.717, 1.165) is 13.0 Å². The second kappa shape index (κ2) is 7.74. The number of anilines is 2. The van der Waals surface area contributed by atoms with Crippen LogP contribution in [0.15, 0.2) is 0 Å². The largest absolute Gasteiger partial charge is 0.354 e. The lowest BCUT2D eigenvalue weighted by Crippen LogP contribution is -2.30. The van der Waals surface area contributed by atoms with Crippen LogP contribution in [0.4, 0.5) is 11.9 Å². The van der Waals surface area contributed by atoms with Gasteiger partial charge < -0.3 is 10.2 Å². The Balaban J connectivity index is 2.90. The molecule has 0 amide bonds. The fraction of sp³-hybridized carbons (Fsp3) is 0.667. The number of nitrogens with one attached hydrogen (secondary N) is 1. The molecule has 1 unspecified atom stereocenters. The van der Waals surface area contributed by atoms with Gasteiger partial charge in [0.1, 0.15) is 0 Å². The van der Waals surface area contributed by atoms with Gasteiger partial charge in [-0.3, -0.25) is 0 Å². The van der Waals surface area contributed by atoms with Gasteiger partial charge in [-0.15, -0.1) is 0 Å². The van der Waals surface area contributed by atoms with Gasteiger partial charge in [-0.05, 0) is 31.9 Å². The van der Waals surface area contributed by atoms with Crippen molar-refractivity contribution in [3.63, 3.8) is 0 Å². The van der Waals surface area contributed by atoms with Crippen LogP contribution in [0.5, 0.6) is 0 Å². The maximum atomic E-state index is 8.88. The molecule has 0 aliphatic rings. The van der Waals surface area contributed by atoms with Crippen molar-refractivity contribution < 1.29 is 0 Å². The molecule has 0 saturated heterocycles. The normalized spacial score (nSPS) is 11.7. The predicted octanol–water partition coefficient (Wildman–Crippen LogP) is 2.33. The summed E-state index contributed by atoms with van der Waals surface area (Å²) in [6.45, 7) is 7.97. The van der Waals surface area contributed by atoms with E-state index in [9.17, 15) is 0 Å². The fourth-order valence-corrected chi connectivity index (χ4v) is 1.68. The molecule has 19 heavy (non-hydrogen) atoms. The Bertz CT molecular complexity index is 444. The van der Waals surface area contributed by atoms with Crippen LogP contribution in [0.1, 0.15) is 27.2 Å². The molecule has 1 N–H and O–H groups in total. The third kappa shape index (κ3) is 4.87. The summed E-state index contributed by atoms with van der Waals surface area (Å²) in [5.41, 5.74) is 0. The number of rotatable bonds is 7. The van der Waals surface area contributed by atoms with Gasteiger partial charge in [-0.2, -0.15) is 20.2 Å². The van der Waals surface area contributed by atoms with Crippen molar-refractivity contribution >= 4 is 23.5 Å². The number of nitriles is 1. The molecular formula is C12H19ClN6. The molecule has 0 bridgehead atoms. The highest BCUT2D eigenvalue weighted by molar-refractivity contribution is 6.28. The van der Waals surface area contributed by atoms with Crippen molar-refractivity contribution in [1.29, 1.82) is 5.26 Å². The van der Waals surface area contributed by atoms with Crippen molar-refractivity contribution in [2.75, 3.05) is 29.9 Å². The van der Waals surface area contributed by atoms with Crippen molar-refractivity contribution in [1.82, 2.24) is 15.0 Å². The van der Waals surface area contributed by atoms with Crippen LogP contribution in [0, 0.1) is 17.2 Å². The van der Waals surface area contributed by atoms with Gasteiger partial charge in [-0.1, -0.05) is 6.92 Å². The molecule has 0 aromatic carbocycles. The van der Waals surface area contributed by atoms with E-state index in [-0.39, 0.29) is 11.2 Å². The predicted molar refractivity (Wildman–Crippen MR) is 76.3 cm³/mol. The summed E-state index contributed by atoms with van der Waals surface area (Å²) in [6, 6.07) is 2.20. The number of aromatic nitrogens is 3. The smallest absolute Gasteiger partial charge is 0.231 e. The van der Waals surface area contributed by atoms with Crippen LogP contribution in [-0.4, -0.2) is 34.6 Å². The first-order valence-electron chi connectivity index (χ1n) is 6.40. The zero-order valence-corrected chi connectivity index (χ0v) is 12.3. The summed E-state index contributed by atoms with van der Waals surface area (Å²) in [5.74, 6) is 0.880. The Morgan fingerprint density at radius 1 is 1.37 bits per heavy atom. The topological polar surface area (TPSA) is 77.7 Å². The Kier molecular flexibility index (Phi) is 6.30. The molecular weight excluding hydrogens is 264 g/mol.